The van der Waals surface area contributed by atoms with Gasteiger partial charge in [-0.3, -0.25) is 24.6 Å². The number of hydrogen-bond acceptors (Lipinski definition) is 10. The predicted molar refractivity (Wildman–Crippen MR) is 203 cm³/mol. The van der Waals surface area contributed by atoms with Gasteiger partial charge in [0.15, 0.2) is 6.29 Å². The maximum Gasteiger partial charge on any atom is 0.269 e. The standard InChI is InChI=1S/C40H46N6O7/c41-35-5-1-2-6-36(35)43-39(49)8-4-3-7-38(48)42-31-15-13-30(14-16-31)40-52-34(25-37(53-40)29-11-9-28(27-47)10-12-29)26-44-21-23-45(24-22-44)32-17-19-33(20-18-32)46(50)51/h1-2,5-6,9-20,34,37,40,47H,3-4,7-8,21-27,41H2,(H,42,48)(H,43,49)/t34-,37+,40+/m1/s1. The molecule has 2 aliphatic rings. The van der Waals surface area contributed by atoms with Gasteiger partial charge in [-0.25, -0.2) is 0 Å². The Balaban J connectivity index is 1.02. The first-order chi connectivity index (χ1) is 25.7. The Morgan fingerprint density at radius 1 is 0.811 bits per heavy atom. The Labute approximate surface area is 308 Å². The zero-order valence-electron chi connectivity index (χ0n) is 29.6. The van der Waals surface area contributed by atoms with Gasteiger partial charge >= 0.3 is 0 Å². The van der Waals surface area contributed by atoms with Crippen LogP contribution in [0, 0.1) is 10.1 Å². The second-order valence-corrected chi connectivity index (χ2v) is 13.4. The monoisotopic (exact) mass is 722 g/mol. The molecule has 2 amide bonds. The quantitative estimate of drug-likeness (QED) is 0.0510. The van der Waals surface area contributed by atoms with Crippen LogP contribution >= 0.6 is 0 Å². The minimum atomic E-state index is -0.625. The van der Waals surface area contributed by atoms with E-state index in [1.807, 2.05) is 54.6 Å². The number of rotatable bonds is 14. The number of anilines is 4. The Morgan fingerprint density at radius 2 is 1.45 bits per heavy atom. The summed E-state index contributed by atoms with van der Waals surface area (Å²) in [6.45, 7) is 3.92. The van der Waals surface area contributed by atoms with Crippen LogP contribution in [-0.2, 0) is 25.7 Å². The lowest BCUT2D eigenvalue weighted by Gasteiger charge is -2.41. The molecule has 0 saturated carbocycles. The fraction of sp³-hybridized carbons (Fsp3) is 0.350. The summed E-state index contributed by atoms with van der Waals surface area (Å²) in [6, 6.07) is 29.1. The number of nitro groups is 1. The summed E-state index contributed by atoms with van der Waals surface area (Å²) in [7, 11) is 0. The van der Waals surface area contributed by atoms with Crippen LogP contribution in [0.15, 0.2) is 97.1 Å². The second-order valence-electron chi connectivity index (χ2n) is 13.4. The first-order valence-corrected chi connectivity index (χ1v) is 18.0. The van der Waals surface area contributed by atoms with Crippen LogP contribution in [-0.4, -0.2) is 65.6 Å². The summed E-state index contributed by atoms with van der Waals surface area (Å²) in [5, 5.41) is 26.4. The Hall–Kier alpha value is -5.34. The van der Waals surface area contributed by atoms with Crippen molar-refractivity contribution in [2.75, 3.05) is 54.0 Å². The van der Waals surface area contributed by atoms with Gasteiger partial charge in [0.05, 0.1) is 35.1 Å². The van der Waals surface area contributed by atoms with Crippen molar-refractivity contribution in [3.63, 3.8) is 0 Å². The number of nitrogens with two attached hydrogens (primary N) is 1. The molecule has 0 unspecified atom stereocenters. The normalized spacial score (nSPS) is 19.0. The van der Waals surface area contributed by atoms with E-state index in [1.54, 1.807) is 42.5 Å². The van der Waals surface area contributed by atoms with E-state index in [-0.39, 0.29) is 47.7 Å². The summed E-state index contributed by atoms with van der Waals surface area (Å²) in [5.41, 5.74) is 11.4. The fourth-order valence-electron chi connectivity index (χ4n) is 6.64. The molecule has 5 N–H and O–H groups in total. The summed E-state index contributed by atoms with van der Waals surface area (Å²) >= 11 is 0. The lowest BCUT2D eigenvalue weighted by Crippen LogP contribution is -2.49. The van der Waals surface area contributed by atoms with Crippen LogP contribution in [0.1, 0.15) is 61.2 Å². The molecule has 53 heavy (non-hydrogen) atoms. The van der Waals surface area contributed by atoms with Gasteiger partial charge in [0.2, 0.25) is 11.8 Å². The number of carbonyl (C=O) groups is 2. The predicted octanol–water partition coefficient (Wildman–Crippen LogP) is 6.17. The van der Waals surface area contributed by atoms with Crippen molar-refractivity contribution in [2.24, 2.45) is 0 Å². The Morgan fingerprint density at radius 3 is 2.09 bits per heavy atom. The number of para-hydroxylation sites is 2. The maximum atomic E-state index is 12.7. The highest BCUT2D eigenvalue weighted by Crippen LogP contribution is 2.38. The first kappa shape index (κ1) is 37.4. The van der Waals surface area contributed by atoms with Gasteiger partial charge in [0.25, 0.3) is 5.69 Å². The summed E-state index contributed by atoms with van der Waals surface area (Å²) < 4.78 is 13.1. The van der Waals surface area contributed by atoms with Crippen molar-refractivity contribution < 1.29 is 29.1 Å². The van der Waals surface area contributed by atoms with Gasteiger partial charge in [-0.2, -0.15) is 0 Å². The van der Waals surface area contributed by atoms with Crippen molar-refractivity contribution in [3.05, 3.63) is 124 Å². The van der Waals surface area contributed by atoms with Gasteiger partial charge in [-0.1, -0.05) is 48.5 Å². The number of aliphatic hydroxyl groups is 1. The molecule has 2 heterocycles. The van der Waals surface area contributed by atoms with Gasteiger partial charge in [0.1, 0.15) is 0 Å². The highest BCUT2D eigenvalue weighted by Gasteiger charge is 2.34. The van der Waals surface area contributed by atoms with Crippen LogP contribution in [0.4, 0.5) is 28.4 Å². The van der Waals surface area contributed by atoms with Crippen LogP contribution in [0.2, 0.25) is 0 Å². The van der Waals surface area contributed by atoms with E-state index < -0.39 is 6.29 Å². The van der Waals surface area contributed by atoms with Crippen LogP contribution < -0.4 is 21.3 Å². The number of amides is 2. The van der Waals surface area contributed by atoms with E-state index in [9.17, 15) is 24.8 Å². The van der Waals surface area contributed by atoms with Crippen molar-refractivity contribution in [3.8, 4) is 0 Å². The second kappa shape index (κ2) is 17.9. The van der Waals surface area contributed by atoms with E-state index in [4.69, 9.17) is 15.2 Å². The summed E-state index contributed by atoms with van der Waals surface area (Å²) in [4.78, 5) is 40.2. The average molecular weight is 723 g/mol. The topological polar surface area (TPSA) is 173 Å². The lowest BCUT2D eigenvalue weighted by atomic mass is 9.99. The molecule has 2 aliphatic heterocycles. The molecule has 2 fully saturated rings. The van der Waals surface area contributed by atoms with E-state index in [2.05, 4.69) is 20.4 Å². The highest BCUT2D eigenvalue weighted by molar-refractivity contribution is 5.94. The number of nitrogens with zero attached hydrogens (tertiary/aromatic N) is 3. The molecule has 3 atom stereocenters. The molecule has 2 saturated heterocycles. The SMILES string of the molecule is Nc1ccccc1NC(=O)CCCCC(=O)Nc1ccc([C@H]2O[C@@H](CN3CCN(c4ccc([N+](=O)[O-])cc4)CC3)C[C@@H](c3ccc(CO)cc3)O2)cc1. The number of nitrogen functional groups attached to an aromatic ring is 1. The van der Waals surface area contributed by atoms with Crippen LogP contribution in [0.5, 0.6) is 0 Å². The maximum absolute atomic E-state index is 12.7. The van der Waals surface area contributed by atoms with Gasteiger partial charge in [-0.05, 0) is 60.4 Å². The third-order valence-electron chi connectivity index (χ3n) is 9.63. The molecular weight excluding hydrogens is 676 g/mol. The van der Waals surface area contributed by atoms with Gasteiger partial charge in [0, 0.05) is 81.1 Å². The molecule has 0 aliphatic carbocycles. The number of piperazine rings is 1. The van der Waals surface area contributed by atoms with Crippen molar-refractivity contribution in [2.45, 2.75) is 57.2 Å². The number of aliphatic hydroxyl groups excluding tert-OH is 1. The number of non-ortho nitro benzene ring substituents is 1. The fourth-order valence-corrected chi connectivity index (χ4v) is 6.64. The molecule has 13 heteroatoms. The average Bonchev–Trinajstić information content (AvgIpc) is 3.18. The van der Waals surface area contributed by atoms with E-state index in [1.165, 1.54) is 0 Å². The summed E-state index contributed by atoms with van der Waals surface area (Å²) in [5.74, 6) is -0.268. The molecule has 0 bridgehead atoms. The Bertz CT molecular complexity index is 1830. The smallest absolute Gasteiger partial charge is 0.269 e. The van der Waals surface area contributed by atoms with Crippen LogP contribution in [0.3, 0.4) is 0 Å². The van der Waals surface area contributed by atoms with Crippen LogP contribution in [0.25, 0.3) is 0 Å². The van der Waals surface area contributed by atoms with Crippen molar-refractivity contribution in [1.82, 2.24) is 4.90 Å². The molecule has 0 radical (unpaired) electrons. The molecule has 4 aromatic carbocycles. The lowest BCUT2D eigenvalue weighted by molar-refractivity contribution is -0.384. The molecule has 6 rings (SSSR count). The zero-order valence-corrected chi connectivity index (χ0v) is 29.6. The highest BCUT2D eigenvalue weighted by atomic mass is 16.7. The minimum Gasteiger partial charge on any atom is -0.397 e. The first-order valence-electron chi connectivity index (χ1n) is 18.0. The minimum absolute atomic E-state index is 0.0310. The number of unbranched alkanes of at least 4 members (excludes halogenated alkanes) is 1. The van der Waals surface area contributed by atoms with Gasteiger partial charge in [-0.15, -0.1) is 0 Å². The van der Waals surface area contributed by atoms with E-state index >= 15 is 0 Å². The molecular formula is C40H46N6O7. The molecule has 13 nitrogen and oxygen atoms in total. The van der Waals surface area contributed by atoms with E-state index in [0.29, 0.717) is 42.7 Å². The number of nitrogens with one attached hydrogen (secondary N) is 2. The number of carbonyl (C=O) groups excluding carboxylic acids is 2. The van der Waals surface area contributed by atoms with Crippen molar-refractivity contribution in [1.29, 1.82) is 0 Å². The third kappa shape index (κ3) is 10.4. The largest absolute Gasteiger partial charge is 0.397 e. The van der Waals surface area contributed by atoms with Crippen molar-refractivity contribution >= 4 is 40.3 Å². The number of benzene rings is 4. The number of ether oxygens (including phenoxy) is 2. The molecule has 278 valence electrons. The Kier molecular flexibility index (Phi) is 12.7. The third-order valence-corrected chi connectivity index (χ3v) is 9.63. The van der Waals surface area contributed by atoms with E-state index in [0.717, 1.165) is 55.1 Å². The zero-order chi connectivity index (χ0) is 37.2. The molecule has 4 aromatic rings. The molecule has 0 spiro atoms. The number of hydrogen-bond donors (Lipinski definition) is 4. The molecule has 0 aromatic heterocycles. The van der Waals surface area contributed by atoms with Gasteiger partial charge < -0.3 is 35.8 Å². The number of nitro benzene ring substituents is 1. The summed E-state index contributed by atoms with van der Waals surface area (Å²) in [6.07, 6.45) is 1.42.